The third kappa shape index (κ3) is 4.50. The van der Waals surface area contributed by atoms with Gasteiger partial charge in [0.05, 0.1) is 0 Å². The maximum Gasteiger partial charge on any atom is 0.244 e. The SMILES string of the molecule is CC(C)[C@H](NS(=O)(=O)c1ccccc1F)C(=O)N1CCN(c2nccs2)CC1. The Morgan fingerprint density at radius 2 is 1.89 bits per heavy atom. The number of aromatic nitrogens is 1. The van der Waals surface area contributed by atoms with Gasteiger partial charge < -0.3 is 9.80 Å². The van der Waals surface area contributed by atoms with Gasteiger partial charge in [-0.05, 0) is 18.1 Å². The first-order valence-electron chi connectivity index (χ1n) is 8.99. The highest BCUT2D eigenvalue weighted by atomic mass is 32.2. The summed E-state index contributed by atoms with van der Waals surface area (Å²) in [5.74, 6) is -1.43. The normalized spacial score (nSPS) is 16.4. The van der Waals surface area contributed by atoms with Gasteiger partial charge >= 0.3 is 0 Å². The van der Waals surface area contributed by atoms with E-state index < -0.39 is 26.8 Å². The number of nitrogens with one attached hydrogen (secondary N) is 1. The highest BCUT2D eigenvalue weighted by Gasteiger charge is 2.34. The minimum atomic E-state index is -4.16. The number of amides is 1. The Hall–Kier alpha value is -2.04. The molecule has 1 N–H and O–H groups in total. The van der Waals surface area contributed by atoms with Crippen LogP contribution >= 0.6 is 11.3 Å². The molecule has 1 atom stereocenters. The lowest BCUT2D eigenvalue weighted by Gasteiger charge is -2.37. The van der Waals surface area contributed by atoms with Crippen molar-refractivity contribution in [3.63, 3.8) is 0 Å². The minimum Gasteiger partial charge on any atom is -0.345 e. The molecule has 0 spiro atoms. The number of carbonyl (C=O) groups excluding carboxylic acids is 1. The summed E-state index contributed by atoms with van der Waals surface area (Å²) in [6.45, 7) is 5.73. The van der Waals surface area contributed by atoms with Crippen molar-refractivity contribution in [2.75, 3.05) is 31.1 Å². The molecule has 10 heteroatoms. The summed E-state index contributed by atoms with van der Waals surface area (Å²) >= 11 is 1.54. The van der Waals surface area contributed by atoms with E-state index >= 15 is 0 Å². The zero-order chi connectivity index (χ0) is 20.3. The number of thiazole rings is 1. The quantitative estimate of drug-likeness (QED) is 0.763. The first-order chi connectivity index (χ1) is 13.3. The van der Waals surface area contributed by atoms with E-state index in [2.05, 4.69) is 14.6 Å². The lowest BCUT2D eigenvalue weighted by Crippen LogP contribution is -2.56. The zero-order valence-corrected chi connectivity index (χ0v) is 17.3. The van der Waals surface area contributed by atoms with E-state index in [1.807, 2.05) is 5.38 Å². The molecule has 1 saturated heterocycles. The molecular formula is C18H23FN4O3S2. The molecule has 0 radical (unpaired) electrons. The van der Waals surface area contributed by atoms with Crippen LogP contribution in [0.2, 0.25) is 0 Å². The van der Waals surface area contributed by atoms with Crippen molar-refractivity contribution >= 4 is 32.4 Å². The molecule has 2 heterocycles. The van der Waals surface area contributed by atoms with Crippen molar-refractivity contribution in [3.8, 4) is 0 Å². The van der Waals surface area contributed by atoms with Crippen LogP contribution in [0, 0.1) is 11.7 Å². The highest BCUT2D eigenvalue weighted by molar-refractivity contribution is 7.89. The fourth-order valence-corrected chi connectivity index (χ4v) is 5.17. The van der Waals surface area contributed by atoms with E-state index in [-0.39, 0.29) is 11.8 Å². The summed E-state index contributed by atoms with van der Waals surface area (Å²) in [7, 11) is -4.16. The van der Waals surface area contributed by atoms with Crippen molar-refractivity contribution in [2.45, 2.75) is 24.8 Å². The van der Waals surface area contributed by atoms with Crippen LogP contribution in [-0.4, -0.2) is 56.4 Å². The number of piperazine rings is 1. The molecule has 0 bridgehead atoms. The van der Waals surface area contributed by atoms with Gasteiger partial charge in [-0.3, -0.25) is 4.79 Å². The van der Waals surface area contributed by atoms with Crippen LogP contribution in [0.1, 0.15) is 13.8 Å². The molecule has 0 unspecified atom stereocenters. The summed E-state index contributed by atoms with van der Waals surface area (Å²) in [6.07, 6.45) is 1.74. The molecule has 0 aliphatic carbocycles. The Morgan fingerprint density at radius 1 is 1.21 bits per heavy atom. The fraction of sp³-hybridized carbons (Fsp3) is 0.444. The standard InChI is InChI=1S/C18H23FN4O3S2/c1-13(2)16(21-28(25,26)15-6-4-3-5-14(15)19)17(24)22-8-10-23(11-9-22)18-20-7-12-27-18/h3-7,12-13,16,21H,8-11H2,1-2H3/t16-/m0/s1. The number of anilines is 1. The summed E-state index contributed by atoms with van der Waals surface area (Å²) < 4.78 is 41.6. The van der Waals surface area contributed by atoms with Crippen LogP contribution in [0.4, 0.5) is 9.52 Å². The van der Waals surface area contributed by atoms with E-state index in [1.165, 1.54) is 18.2 Å². The number of nitrogens with zero attached hydrogens (tertiary/aromatic N) is 3. The van der Waals surface area contributed by atoms with Gasteiger partial charge in [0, 0.05) is 37.8 Å². The predicted molar refractivity (Wildman–Crippen MR) is 106 cm³/mol. The Bertz CT molecular complexity index is 911. The Kier molecular flexibility index (Phi) is 6.31. The smallest absolute Gasteiger partial charge is 0.244 e. The first kappa shape index (κ1) is 20.7. The van der Waals surface area contributed by atoms with E-state index in [0.717, 1.165) is 11.2 Å². The van der Waals surface area contributed by atoms with Gasteiger partial charge in [0.25, 0.3) is 0 Å². The van der Waals surface area contributed by atoms with Crippen LogP contribution in [-0.2, 0) is 14.8 Å². The second-order valence-electron chi connectivity index (χ2n) is 6.90. The third-order valence-corrected chi connectivity index (χ3v) is 6.93. The molecule has 1 aliphatic rings. The molecule has 0 saturated carbocycles. The van der Waals surface area contributed by atoms with E-state index in [1.54, 1.807) is 36.3 Å². The number of rotatable bonds is 6. The lowest BCUT2D eigenvalue weighted by molar-refractivity contribution is -0.134. The Balaban J connectivity index is 1.70. The van der Waals surface area contributed by atoms with Crippen molar-refractivity contribution in [2.24, 2.45) is 5.92 Å². The van der Waals surface area contributed by atoms with Crippen LogP contribution in [0.5, 0.6) is 0 Å². The van der Waals surface area contributed by atoms with E-state index in [0.29, 0.717) is 26.2 Å². The second-order valence-corrected chi connectivity index (χ2v) is 9.46. The zero-order valence-electron chi connectivity index (χ0n) is 15.7. The molecule has 1 aromatic heterocycles. The average molecular weight is 427 g/mol. The molecule has 1 amide bonds. The minimum absolute atomic E-state index is 0.286. The average Bonchev–Trinajstić information content (AvgIpc) is 3.20. The van der Waals surface area contributed by atoms with Gasteiger partial charge in [0.15, 0.2) is 5.13 Å². The number of carbonyl (C=O) groups is 1. The number of hydrogen-bond donors (Lipinski definition) is 1. The second kappa shape index (κ2) is 8.54. The van der Waals surface area contributed by atoms with Crippen LogP contribution in [0.3, 0.4) is 0 Å². The fourth-order valence-electron chi connectivity index (χ4n) is 3.05. The van der Waals surface area contributed by atoms with Gasteiger partial charge in [-0.15, -0.1) is 11.3 Å². The Morgan fingerprint density at radius 3 is 2.46 bits per heavy atom. The topological polar surface area (TPSA) is 82.6 Å². The molecule has 7 nitrogen and oxygen atoms in total. The maximum absolute atomic E-state index is 13.9. The van der Waals surface area contributed by atoms with Crippen LogP contribution in [0.15, 0.2) is 40.7 Å². The van der Waals surface area contributed by atoms with Gasteiger partial charge in [0.2, 0.25) is 15.9 Å². The molecule has 1 aromatic carbocycles. The molecule has 1 fully saturated rings. The van der Waals surface area contributed by atoms with Crippen molar-refractivity contribution < 1.29 is 17.6 Å². The van der Waals surface area contributed by atoms with Gasteiger partial charge in [-0.2, -0.15) is 4.72 Å². The highest BCUT2D eigenvalue weighted by Crippen LogP contribution is 2.20. The van der Waals surface area contributed by atoms with Gasteiger partial charge in [0.1, 0.15) is 16.8 Å². The molecule has 3 rings (SSSR count). The first-order valence-corrected chi connectivity index (χ1v) is 11.4. The van der Waals surface area contributed by atoms with E-state index in [9.17, 15) is 17.6 Å². The molecule has 152 valence electrons. The maximum atomic E-state index is 13.9. The molecule has 28 heavy (non-hydrogen) atoms. The summed E-state index contributed by atoms with van der Waals surface area (Å²) in [6, 6.07) is 4.17. The Labute approximate surface area is 168 Å². The van der Waals surface area contributed by atoms with E-state index in [4.69, 9.17) is 0 Å². The lowest BCUT2D eigenvalue weighted by atomic mass is 10.0. The monoisotopic (exact) mass is 426 g/mol. The number of sulfonamides is 1. The molecule has 1 aliphatic heterocycles. The van der Waals surface area contributed by atoms with Crippen molar-refractivity contribution in [3.05, 3.63) is 41.7 Å². The van der Waals surface area contributed by atoms with Crippen LogP contribution < -0.4 is 9.62 Å². The van der Waals surface area contributed by atoms with Crippen LogP contribution in [0.25, 0.3) is 0 Å². The number of halogens is 1. The summed E-state index contributed by atoms with van der Waals surface area (Å²) in [5, 5.41) is 2.81. The third-order valence-electron chi connectivity index (χ3n) is 4.62. The molecule has 2 aromatic rings. The summed E-state index contributed by atoms with van der Waals surface area (Å²) in [4.78, 5) is 20.6. The largest absolute Gasteiger partial charge is 0.345 e. The van der Waals surface area contributed by atoms with Crippen molar-refractivity contribution in [1.29, 1.82) is 0 Å². The number of hydrogen-bond acceptors (Lipinski definition) is 6. The van der Waals surface area contributed by atoms with Gasteiger partial charge in [-0.25, -0.2) is 17.8 Å². The van der Waals surface area contributed by atoms with Crippen molar-refractivity contribution in [1.82, 2.24) is 14.6 Å². The number of benzene rings is 1. The van der Waals surface area contributed by atoms with Gasteiger partial charge in [-0.1, -0.05) is 26.0 Å². The summed E-state index contributed by atoms with van der Waals surface area (Å²) in [5.41, 5.74) is 0. The predicted octanol–water partition coefficient (Wildman–Crippen LogP) is 1.93. The molecular weight excluding hydrogens is 403 g/mol.